The maximum Gasteiger partial charge on any atom is 0.234 e. The van der Waals surface area contributed by atoms with Crippen LogP contribution in [-0.4, -0.2) is 37.0 Å². The van der Waals surface area contributed by atoms with E-state index in [2.05, 4.69) is 5.32 Å². The molecule has 0 unspecified atom stereocenters. The SMILES string of the molecule is COc1cc(NC(=O)CSCC#N)ccc1N1CCCC1=O. The highest BCUT2D eigenvalue weighted by atomic mass is 32.2. The van der Waals surface area contributed by atoms with Gasteiger partial charge in [0.2, 0.25) is 11.8 Å². The molecule has 1 saturated heterocycles. The topological polar surface area (TPSA) is 82.4 Å². The summed E-state index contributed by atoms with van der Waals surface area (Å²) in [5.41, 5.74) is 1.33. The number of ether oxygens (including phenoxy) is 1. The molecule has 1 aromatic carbocycles. The van der Waals surface area contributed by atoms with Crippen LogP contribution < -0.4 is 15.0 Å². The van der Waals surface area contributed by atoms with E-state index in [0.717, 1.165) is 12.1 Å². The van der Waals surface area contributed by atoms with E-state index in [-0.39, 0.29) is 23.3 Å². The van der Waals surface area contributed by atoms with Gasteiger partial charge in [-0.1, -0.05) is 0 Å². The molecule has 1 aliphatic rings. The van der Waals surface area contributed by atoms with Crippen molar-refractivity contribution in [3.63, 3.8) is 0 Å². The molecule has 7 heteroatoms. The second-order valence-electron chi connectivity index (χ2n) is 4.73. The van der Waals surface area contributed by atoms with E-state index >= 15 is 0 Å². The minimum atomic E-state index is -0.174. The molecule has 2 amide bonds. The highest BCUT2D eigenvalue weighted by Gasteiger charge is 2.24. The third-order valence-corrected chi connectivity index (χ3v) is 4.03. The fourth-order valence-electron chi connectivity index (χ4n) is 2.27. The number of thioether (sulfide) groups is 1. The summed E-state index contributed by atoms with van der Waals surface area (Å²) in [4.78, 5) is 25.3. The van der Waals surface area contributed by atoms with Gasteiger partial charge in [0.15, 0.2) is 0 Å². The van der Waals surface area contributed by atoms with Gasteiger partial charge in [-0.05, 0) is 18.6 Å². The van der Waals surface area contributed by atoms with Gasteiger partial charge in [0, 0.05) is 24.7 Å². The monoisotopic (exact) mass is 319 g/mol. The molecule has 0 atom stereocenters. The van der Waals surface area contributed by atoms with Crippen LogP contribution in [0.3, 0.4) is 0 Å². The van der Waals surface area contributed by atoms with Crippen molar-refractivity contribution in [2.75, 3.05) is 35.4 Å². The Kier molecular flexibility index (Phi) is 5.67. The number of nitrogens with one attached hydrogen (secondary N) is 1. The molecular formula is C15H17N3O3S. The summed E-state index contributed by atoms with van der Waals surface area (Å²) in [6, 6.07) is 7.20. The van der Waals surface area contributed by atoms with E-state index in [1.807, 2.05) is 6.07 Å². The largest absolute Gasteiger partial charge is 0.494 e. The lowest BCUT2D eigenvalue weighted by atomic mass is 10.2. The Morgan fingerprint density at radius 3 is 3.00 bits per heavy atom. The number of amides is 2. The zero-order valence-electron chi connectivity index (χ0n) is 12.3. The Balaban J connectivity index is 2.07. The van der Waals surface area contributed by atoms with E-state index in [4.69, 9.17) is 10.00 Å². The smallest absolute Gasteiger partial charge is 0.234 e. The summed E-state index contributed by atoms with van der Waals surface area (Å²) in [6.07, 6.45) is 1.40. The maximum atomic E-state index is 11.8. The molecule has 0 radical (unpaired) electrons. The number of nitrogens with zero attached hydrogens (tertiary/aromatic N) is 2. The number of carbonyl (C=O) groups excluding carboxylic acids is 2. The molecule has 1 aromatic rings. The number of methoxy groups -OCH3 is 1. The summed E-state index contributed by atoms with van der Waals surface area (Å²) in [5, 5.41) is 11.2. The lowest BCUT2D eigenvalue weighted by molar-refractivity contribution is -0.117. The number of rotatable bonds is 6. The Bertz CT molecular complexity index is 613. The molecule has 1 heterocycles. The predicted octanol–water partition coefficient (Wildman–Crippen LogP) is 2.02. The number of nitriles is 1. The fourth-order valence-corrected chi connectivity index (χ4v) is 2.72. The van der Waals surface area contributed by atoms with Crippen molar-refractivity contribution in [2.45, 2.75) is 12.8 Å². The number of hydrogen-bond donors (Lipinski definition) is 1. The van der Waals surface area contributed by atoms with Gasteiger partial charge in [0.1, 0.15) is 5.75 Å². The van der Waals surface area contributed by atoms with E-state index in [9.17, 15) is 9.59 Å². The average Bonchev–Trinajstić information content (AvgIpc) is 2.93. The average molecular weight is 319 g/mol. The van der Waals surface area contributed by atoms with Gasteiger partial charge in [-0.2, -0.15) is 5.26 Å². The van der Waals surface area contributed by atoms with Crippen LogP contribution in [0.5, 0.6) is 5.75 Å². The Labute approximate surface area is 133 Å². The molecular weight excluding hydrogens is 302 g/mol. The van der Waals surface area contributed by atoms with Gasteiger partial charge in [0.25, 0.3) is 0 Å². The Morgan fingerprint density at radius 1 is 1.55 bits per heavy atom. The first-order chi connectivity index (χ1) is 10.7. The maximum absolute atomic E-state index is 11.8. The van der Waals surface area contributed by atoms with E-state index < -0.39 is 0 Å². The van der Waals surface area contributed by atoms with Crippen molar-refractivity contribution in [3.8, 4) is 11.8 Å². The normalized spacial score (nSPS) is 13.8. The number of anilines is 2. The minimum absolute atomic E-state index is 0.0861. The van der Waals surface area contributed by atoms with Crippen LogP contribution >= 0.6 is 11.8 Å². The molecule has 1 aliphatic heterocycles. The zero-order valence-corrected chi connectivity index (χ0v) is 13.1. The van der Waals surface area contributed by atoms with Crippen LogP contribution in [0.2, 0.25) is 0 Å². The van der Waals surface area contributed by atoms with Crippen LogP contribution in [0.4, 0.5) is 11.4 Å². The lowest BCUT2D eigenvalue weighted by Gasteiger charge is -2.19. The van der Waals surface area contributed by atoms with E-state index in [0.29, 0.717) is 24.4 Å². The van der Waals surface area contributed by atoms with Crippen molar-refractivity contribution in [1.29, 1.82) is 5.26 Å². The number of carbonyl (C=O) groups is 2. The highest BCUT2D eigenvalue weighted by molar-refractivity contribution is 8.00. The molecule has 0 spiro atoms. The van der Waals surface area contributed by atoms with E-state index in [1.54, 1.807) is 23.1 Å². The van der Waals surface area contributed by atoms with Crippen LogP contribution in [0, 0.1) is 11.3 Å². The van der Waals surface area contributed by atoms with Crippen LogP contribution in [-0.2, 0) is 9.59 Å². The molecule has 1 fully saturated rings. The molecule has 0 aliphatic carbocycles. The van der Waals surface area contributed by atoms with Crippen LogP contribution in [0.1, 0.15) is 12.8 Å². The fraction of sp³-hybridized carbons (Fsp3) is 0.400. The zero-order chi connectivity index (χ0) is 15.9. The summed E-state index contributed by atoms with van der Waals surface area (Å²) in [7, 11) is 1.54. The van der Waals surface area contributed by atoms with Gasteiger partial charge in [-0.15, -0.1) is 11.8 Å². The van der Waals surface area contributed by atoms with Crippen molar-refractivity contribution >= 4 is 35.0 Å². The van der Waals surface area contributed by atoms with Gasteiger partial charge in [-0.3, -0.25) is 9.59 Å². The first-order valence-electron chi connectivity index (χ1n) is 6.88. The summed E-state index contributed by atoms with van der Waals surface area (Å²) < 4.78 is 5.33. The summed E-state index contributed by atoms with van der Waals surface area (Å²) in [6.45, 7) is 0.686. The highest BCUT2D eigenvalue weighted by Crippen LogP contribution is 2.33. The third kappa shape index (κ3) is 3.92. The van der Waals surface area contributed by atoms with Crippen molar-refractivity contribution < 1.29 is 14.3 Å². The quantitative estimate of drug-likeness (QED) is 0.811. The molecule has 6 nitrogen and oxygen atoms in total. The molecule has 0 bridgehead atoms. The first-order valence-corrected chi connectivity index (χ1v) is 8.04. The van der Waals surface area contributed by atoms with Crippen molar-refractivity contribution in [1.82, 2.24) is 0 Å². The molecule has 2 rings (SSSR count). The predicted molar refractivity (Wildman–Crippen MR) is 86.1 cm³/mol. The van der Waals surface area contributed by atoms with Crippen LogP contribution in [0.25, 0.3) is 0 Å². The van der Waals surface area contributed by atoms with Crippen molar-refractivity contribution in [2.24, 2.45) is 0 Å². The molecule has 0 aromatic heterocycles. The van der Waals surface area contributed by atoms with Gasteiger partial charge >= 0.3 is 0 Å². The first kappa shape index (κ1) is 16.2. The lowest BCUT2D eigenvalue weighted by Crippen LogP contribution is -2.24. The van der Waals surface area contributed by atoms with Gasteiger partial charge in [0.05, 0.1) is 30.4 Å². The van der Waals surface area contributed by atoms with Crippen molar-refractivity contribution in [3.05, 3.63) is 18.2 Å². The third-order valence-electron chi connectivity index (χ3n) is 3.23. The number of hydrogen-bond acceptors (Lipinski definition) is 5. The second kappa shape index (κ2) is 7.71. The molecule has 22 heavy (non-hydrogen) atoms. The van der Waals surface area contributed by atoms with Crippen LogP contribution in [0.15, 0.2) is 18.2 Å². The molecule has 116 valence electrons. The summed E-state index contributed by atoms with van der Waals surface area (Å²) in [5.74, 6) is 0.975. The van der Waals surface area contributed by atoms with Gasteiger partial charge in [-0.25, -0.2) is 0 Å². The van der Waals surface area contributed by atoms with E-state index in [1.165, 1.54) is 18.9 Å². The minimum Gasteiger partial charge on any atom is -0.494 e. The molecule has 1 N–H and O–H groups in total. The van der Waals surface area contributed by atoms with Gasteiger partial charge < -0.3 is 15.0 Å². The molecule has 0 saturated carbocycles. The Morgan fingerprint density at radius 2 is 2.36 bits per heavy atom. The summed E-state index contributed by atoms with van der Waals surface area (Å²) >= 11 is 1.26. The number of benzene rings is 1. The Hall–Kier alpha value is -2.20. The standard InChI is InChI=1S/C15H17N3O3S/c1-21-13-9-11(17-14(19)10-22-8-6-16)4-5-12(13)18-7-2-3-15(18)20/h4-5,9H,2-3,7-8,10H2,1H3,(H,17,19). The second-order valence-corrected chi connectivity index (χ2v) is 5.72.